The molecule has 4 rings (SSSR count). The number of nitrogens with one attached hydrogen (secondary N) is 1. The van der Waals surface area contributed by atoms with Gasteiger partial charge < -0.3 is 5.32 Å². The molecule has 2 atom stereocenters. The maximum absolute atomic E-state index is 13.9. The zero-order valence-corrected chi connectivity index (χ0v) is 16.5. The summed E-state index contributed by atoms with van der Waals surface area (Å²) in [5.74, 6) is -0.503. The van der Waals surface area contributed by atoms with Crippen LogP contribution in [0, 0.1) is 25.6 Å². The van der Waals surface area contributed by atoms with E-state index in [0.717, 1.165) is 22.0 Å². The van der Waals surface area contributed by atoms with Crippen molar-refractivity contribution < 1.29 is 9.18 Å². The normalized spacial score (nSPS) is 18.0. The molecule has 3 aromatic rings. The Labute approximate surface area is 167 Å². The summed E-state index contributed by atoms with van der Waals surface area (Å²) in [4.78, 5) is 22.3. The van der Waals surface area contributed by atoms with Gasteiger partial charge in [-0.15, -0.1) is 0 Å². The molecule has 1 N–H and O–H groups in total. The molecule has 0 aliphatic heterocycles. The van der Waals surface area contributed by atoms with Gasteiger partial charge in [0.25, 0.3) is 0 Å². The van der Waals surface area contributed by atoms with E-state index in [-0.39, 0.29) is 23.6 Å². The van der Waals surface area contributed by atoms with Gasteiger partial charge in [0.1, 0.15) is 5.82 Å². The molecular formula is C22H20FN3OS. The van der Waals surface area contributed by atoms with Gasteiger partial charge in [-0.2, -0.15) is 0 Å². The lowest BCUT2D eigenvalue weighted by Gasteiger charge is -2.07. The van der Waals surface area contributed by atoms with Crippen LogP contribution >= 0.6 is 11.8 Å². The molecule has 4 nitrogen and oxygen atoms in total. The van der Waals surface area contributed by atoms with Gasteiger partial charge in [-0.05, 0) is 79.9 Å². The van der Waals surface area contributed by atoms with E-state index >= 15 is 0 Å². The molecule has 1 saturated carbocycles. The van der Waals surface area contributed by atoms with Crippen LogP contribution in [0.5, 0.6) is 0 Å². The number of rotatable bonds is 5. The second kappa shape index (κ2) is 7.72. The molecule has 0 bridgehead atoms. The van der Waals surface area contributed by atoms with Gasteiger partial charge in [0.15, 0.2) is 5.16 Å². The highest BCUT2D eigenvalue weighted by Crippen LogP contribution is 2.48. The summed E-state index contributed by atoms with van der Waals surface area (Å²) in [6.45, 7) is 3.90. The van der Waals surface area contributed by atoms with E-state index in [9.17, 15) is 9.18 Å². The third kappa shape index (κ3) is 4.22. The Morgan fingerprint density at radius 2 is 1.75 bits per heavy atom. The first kappa shape index (κ1) is 18.6. The predicted molar refractivity (Wildman–Crippen MR) is 108 cm³/mol. The van der Waals surface area contributed by atoms with Crippen molar-refractivity contribution in [2.24, 2.45) is 5.92 Å². The van der Waals surface area contributed by atoms with Crippen molar-refractivity contribution in [1.29, 1.82) is 0 Å². The first-order valence-electron chi connectivity index (χ1n) is 9.15. The molecule has 0 radical (unpaired) electrons. The molecule has 1 aliphatic rings. The monoisotopic (exact) mass is 393 g/mol. The molecule has 1 fully saturated rings. The summed E-state index contributed by atoms with van der Waals surface area (Å²) < 4.78 is 13.9. The van der Waals surface area contributed by atoms with Crippen LogP contribution in [0.4, 0.5) is 10.1 Å². The maximum atomic E-state index is 13.9. The molecule has 2 aromatic carbocycles. The molecule has 1 amide bonds. The molecule has 0 saturated heterocycles. The Kier molecular flexibility index (Phi) is 5.13. The third-order valence-electron chi connectivity index (χ3n) is 4.72. The van der Waals surface area contributed by atoms with Crippen LogP contribution in [0.2, 0.25) is 0 Å². The van der Waals surface area contributed by atoms with Crippen molar-refractivity contribution in [3.63, 3.8) is 0 Å². The summed E-state index contributed by atoms with van der Waals surface area (Å²) in [5, 5.41) is 3.64. The summed E-state index contributed by atoms with van der Waals surface area (Å²) in [6.07, 6.45) is 0.685. The highest BCUT2D eigenvalue weighted by Gasteiger charge is 2.45. The Hall–Kier alpha value is -2.73. The zero-order chi connectivity index (χ0) is 19.7. The van der Waals surface area contributed by atoms with Crippen molar-refractivity contribution in [2.75, 3.05) is 5.32 Å². The van der Waals surface area contributed by atoms with Crippen LogP contribution in [0.15, 0.2) is 64.6 Å². The van der Waals surface area contributed by atoms with Crippen molar-refractivity contribution in [3.05, 3.63) is 77.4 Å². The average Bonchev–Trinajstić information content (AvgIpc) is 3.44. The number of aromatic nitrogens is 2. The maximum Gasteiger partial charge on any atom is 0.228 e. The minimum Gasteiger partial charge on any atom is -0.326 e. The number of aryl methyl sites for hydroxylation is 2. The van der Waals surface area contributed by atoms with Crippen LogP contribution in [0.1, 0.15) is 29.3 Å². The van der Waals surface area contributed by atoms with Crippen LogP contribution in [-0.4, -0.2) is 15.9 Å². The largest absolute Gasteiger partial charge is 0.326 e. The molecule has 0 spiro atoms. The molecule has 142 valence electrons. The van der Waals surface area contributed by atoms with Gasteiger partial charge in [0.05, 0.1) is 0 Å². The lowest BCUT2D eigenvalue weighted by molar-refractivity contribution is -0.117. The fourth-order valence-electron chi connectivity index (χ4n) is 3.29. The van der Waals surface area contributed by atoms with Gasteiger partial charge in [-0.25, -0.2) is 14.4 Å². The summed E-state index contributed by atoms with van der Waals surface area (Å²) >= 11 is 1.48. The fraction of sp³-hybridized carbons (Fsp3) is 0.227. The molecule has 1 heterocycles. The van der Waals surface area contributed by atoms with E-state index in [1.54, 1.807) is 12.1 Å². The number of carbonyl (C=O) groups is 1. The van der Waals surface area contributed by atoms with Gasteiger partial charge in [0.2, 0.25) is 5.91 Å². The van der Waals surface area contributed by atoms with Crippen molar-refractivity contribution in [2.45, 2.75) is 36.2 Å². The molecular weight excluding hydrogens is 373 g/mol. The van der Waals surface area contributed by atoms with Crippen LogP contribution in [0.3, 0.4) is 0 Å². The summed E-state index contributed by atoms with van der Waals surface area (Å²) in [6, 6.07) is 16.2. The fourth-order valence-corrected chi connectivity index (χ4v) is 4.15. The average molecular weight is 393 g/mol. The van der Waals surface area contributed by atoms with Crippen LogP contribution < -0.4 is 5.32 Å². The Morgan fingerprint density at radius 1 is 1.07 bits per heavy atom. The molecule has 2 unspecified atom stereocenters. The third-order valence-corrected chi connectivity index (χ3v) is 5.60. The van der Waals surface area contributed by atoms with E-state index in [2.05, 4.69) is 15.3 Å². The number of amides is 1. The molecule has 28 heavy (non-hydrogen) atoms. The zero-order valence-electron chi connectivity index (χ0n) is 15.6. The predicted octanol–water partition coefficient (Wildman–Crippen LogP) is 5.13. The Balaban J connectivity index is 1.37. The lowest BCUT2D eigenvalue weighted by atomic mass is 10.1. The van der Waals surface area contributed by atoms with E-state index in [1.807, 2.05) is 50.2 Å². The number of anilines is 1. The standard InChI is InChI=1S/C22H20FN3OS/c1-13-11-14(2)25-22(24-13)28-16-9-7-15(8-10-16)26-21(27)19-12-18(19)17-5-3-4-6-20(17)23/h3-11,18-19H,12H2,1-2H3,(H,26,27). The second-order valence-electron chi connectivity index (χ2n) is 7.02. The van der Waals surface area contributed by atoms with Gasteiger partial charge >= 0.3 is 0 Å². The van der Waals surface area contributed by atoms with Gasteiger partial charge in [0, 0.05) is 27.9 Å². The number of nitrogens with zero attached hydrogens (tertiary/aromatic N) is 2. The Bertz CT molecular complexity index is 1000. The highest BCUT2D eigenvalue weighted by atomic mass is 32.2. The summed E-state index contributed by atoms with van der Waals surface area (Å²) in [5.41, 5.74) is 3.23. The quantitative estimate of drug-likeness (QED) is 0.611. The van der Waals surface area contributed by atoms with Gasteiger partial charge in [-0.3, -0.25) is 4.79 Å². The number of hydrogen-bond donors (Lipinski definition) is 1. The van der Waals surface area contributed by atoms with E-state index in [1.165, 1.54) is 17.8 Å². The molecule has 6 heteroatoms. The molecule has 1 aromatic heterocycles. The van der Waals surface area contributed by atoms with E-state index < -0.39 is 0 Å². The molecule has 1 aliphatic carbocycles. The van der Waals surface area contributed by atoms with Crippen molar-refractivity contribution in [3.8, 4) is 0 Å². The highest BCUT2D eigenvalue weighted by molar-refractivity contribution is 7.99. The van der Waals surface area contributed by atoms with Gasteiger partial charge in [-0.1, -0.05) is 18.2 Å². The number of benzene rings is 2. The van der Waals surface area contributed by atoms with Crippen molar-refractivity contribution in [1.82, 2.24) is 9.97 Å². The topological polar surface area (TPSA) is 54.9 Å². The number of halogens is 1. The lowest BCUT2D eigenvalue weighted by Crippen LogP contribution is -2.14. The minimum absolute atomic E-state index is 0.0299. The first-order valence-corrected chi connectivity index (χ1v) is 9.97. The number of carbonyl (C=O) groups excluding carboxylic acids is 1. The first-order chi connectivity index (χ1) is 13.5. The van der Waals surface area contributed by atoms with E-state index in [0.29, 0.717) is 17.1 Å². The van der Waals surface area contributed by atoms with E-state index in [4.69, 9.17) is 0 Å². The SMILES string of the molecule is Cc1cc(C)nc(Sc2ccc(NC(=O)C3CC3c3ccccc3F)cc2)n1. The van der Waals surface area contributed by atoms with Crippen LogP contribution in [-0.2, 0) is 4.79 Å². The smallest absolute Gasteiger partial charge is 0.228 e. The summed E-state index contributed by atoms with van der Waals surface area (Å²) in [7, 11) is 0. The Morgan fingerprint density at radius 3 is 2.43 bits per heavy atom. The second-order valence-corrected chi connectivity index (χ2v) is 8.06. The number of hydrogen-bond acceptors (Lipinski definition) is 4. The minimum atomic E-state index is -0.238. The van der Waals surface area contributed by atoms with Crippen LogP contribution in [0.25, 0.3) is 0 Å². The van der Waals surface area contributed by atoms with Crippen molar-refractivity contribution >= 4 is 23.4 Å².